The Morgan fingerprint density at radius 1 is 1.21 bits per heavy atom. The van der Waals surface area contributed by atoms with E-state index in [-0.39, 0.29) is 29.6 Å². The van der Waals surface area contributed by atoms with Crippen molar-refractivity contribution in [3.05, 3.63) is 75.8 Å². The largest absolute Gasteiger partial charge is 0.448 e. The first-order chi connectivity index (χ1) is 13.4. The van der Waals surface area contributed by atoms with Crippen molar-refractivity contribution in [2.24, 2.45) is 0 Å². The summed E-state index contributed by atoms with van der Waals surface area (Å²) >= 11 is 0. The molecule has 0 saturated heterocycles. The minimum atomic E-state index is -0.365. The number of rotatable bonds is 4. The molecule has 0 bridgehead atoms. The van der Waals surface area contributed by atoms with Gasteiger partial charge in [0.25, 0.3) is 5.56 Å². The van der Waals surface area contributed by atoms with Gasteiger partial charge >= 0.3 is 0 Å². The Hall–Kier alpha value is -3.41. The van der Waals surface area contributed by atoms with E-state index in [1.807, 2.05) is 51.1 Å². The highest BCUT2D eigenvalue weighted by Crippen LogP contribution is 2.24. The molecular weight excluding hydrogens is 354 g/mol. The first-order valence-electron chi connectivity index (χ1n) is 9.17. The number of nitrogens with zero attached hydrogens (tertiary/aromatic N) is 2. The Morgan fingerprint density at radius 3 is 2.82 bits per heavy atom. The average Bonchev–Trinajstić information content (AvgIpc) is 3.05. The summed E-state index contributed by atoms with van der Waals surface area (Å²) in [4.78, 5) is 29.6. The van der Waals surface area contributed by atoms with E-state index in [2.05, 4.69) is 16.4 Å². The van der Waals surface area contributed by atoms with Gasteiger partial charge in [-0.1, -0.05) is 35.9 Å². The molecule has 1 atom stereocenters. The number of para-hydroxylation sites is 1. The zero-order valence-corrected chi connectivity index (χ0v) is 16.0. The van der Waals surface area contributed by atoms with Crippen LogP contribution in [0.1, 0.15) is 29.7 Å². The van der Waals surface area contributed by atoms with E-state index in [1.54, 1.807) is 6.07 Å². The molecule has 2 aromatic heterocycles. The highest BCUT2D eigenvalue weighted by atomic mass is 16.3. The number of aryl methyl sites for hydroxylation is 2. The smallest absolute Gasteiger partial charge is 0.297 e. The second-order valence-corrected chi connectivity index (χ2v) is 7.10. The zero-order valence-electron chi connectivity index (χ0n) is 16.0. The van der Waals surface area contributed by atoms with E-state index in [0.717, 1.165) is 22.1 Å². The third-order valence-electron chi connectivity index (χ3n) is 4.94. The Morgan fingerprint density at radius 2 is 2.00 bits per heavy atom. The molecule has 0 aliphatic heterocycles. The van der Waals surface area contributed by atoms with Crippen LogP contribution in [-0.2, 0) is 11.3 Å². The van der Waals surface area contributed by atoms with Crippen molar-refractivity contribution < 1.29 is 9.21 Å². The fraction of sp³-hybridized carbons (Fsp3) is 0.227. The SMILES string of the molecule is Cc1ccc(C)c([C@H](C)NC(=O)Cn2cnc3c(oc4ccccc43)c2=O)c1. The maximum absolute atomic E-state index is 12.7. The summed E-state index contributed by atoms with van der Waals surface area (Å²) in [5.41, 5.74) is 4.23. The van der Waals surface area contributed by atoms with Crippen molar-refractivity contribution in [3.63, 3.8) is 0 Å². The minimum absolute atomic E-state index is 0.117. The van der Waals surface area contributed by atoms with Gasteiger partial charge in [-0.05, 0) is 44.0 Å². The molecule has 4 aromatic rings. The van der Waals surface area contributed by atoms with Crippen molar-refractivity contribution in [2.75, 3.05) is 0 Å². The number of carbonyl (C=O) groups excluding carboxylic acids is 1. The summed E-state index contributed by atoms with van der Waals surface area (Å²) in [6, 6.07) is 13.3. The highest BCUT2D eigenvalue weighted by Gasteiger charge is 2.16. The summed E-state index contributed by atoms with van der Waals surface area (Å²) in [7, 11) is 0. The van der Waals surface area contributed by atoms with E-state index < -0.39 is 0 Å². The van der Waals surface area contributed by atoms with Gasteiger partial charge in [-0.2, -0.15) is 0 Å². The van der Waals surface area contributed by atoms with Crippen LogP contribution in [0.15, 0.2) is 58.0 Å². The maximum atomic E-state index is 12.7. The van der Waals surface area contributed by atoms with Gasteiger partial charge in [-0.15, -0.1) is 0 Å². The van der Waals surface area contributed by atoms with Crippen LogP contribution < -0.4 is 10.9 Å². The first kappa shape index (κ1) is 18.0. The van der Waals surface area contributed by atoms with Crippen LogP contribution in [0.4, 0.5) is 0 Å². The van der Waals surface area contributed by atoms with Crippen LogP contribution >= 0.6 is 0 Å². The van der Waals surface area contributed by atoms with E-state index in [9.17, 15) is 9.59 Å². The molecule has 1 amide bonds. The van der Waals surface area contributed by atoms with Gasteiger partial charge in [0.1, 0.15) is 17.6 Å². The molecule has 0 aliphatic carbocycles. The number of fused-ring (bicyclic) bond motifs is 3. The number of benzene rings is 2. The lowest BCUT2D eigenvalue weighted by Crippen LogP contribution is -2.34. The van der Waals surface area contributed by atoms with Crippen molar-refractivity contribution in [3.8, 4) is 0 Å². The maximum Gasteiger partial charge on any atom is 0.297 e. The van der Waals surface area contributed by atoms with Crippen LogP contribution in [0.25, 0.3) is 22.1 Å². The summed E-state index contributed by atoms with van der Waals surface area (Å²) in [6.45, 7) is 5.85. The molecule has 28 heavy (non-hydrogen) atoms. The highest BCUT2D eigenvalue weighted by molar-refractivity contribution is 6.01. The zero-order chi connectivity index (χ0) is 19.8. The van der Waals surface area contributed by atoms with E-state index in [4.69, 9.17) is 4.42 Å². The molecule has 0 radical (unpaired) electrons. The molecule has 0 unspecified atom stereocenters. The molecule has 4 rings (SSSR count). The van der Waals surface area contributed by atoms with Crippen molar-refractivity contribution in [2.45, 2.75) is 33.4 Å². The summed E-state index contributed by atoms with van der Waals surface area (Å²) in [6.07, 6.45) is 1.40. The Balaban J connectivity index is 1.58. The van der Waals surface area contributed by atoms with Gasteiger partial charge in [0.2, 0.25) is 11.5 Å². The number of amides is 1. The number of carbonyl (C=O) groups is 1. The van der Waals surface area contributed by atoms with E-state index in [1.165, 1.54) is 10.9 Å². The number of furan rings is 1. The van der Waals surface area contributed by atoms with Crippen LogP contribution in [0.5, 0.6) is 0 Å². The molecule has 0 spiro atoms. The minimum Gasteiger partial charge on any atom is -0.448 e. The molecule has 2 heterocycles. The lowest BCUT2D eigenvalue weighted by molar-refractivity contribution is -0.122. The predicted octanol–water partition coefficient (Wildman–Crippen LogP) is 3.64. The molecule has 142 valence electrons. The molecule has 1 N–H and O–H groups in total. The van der Waals surface area contributed by atoms with Gasteiger partial charge in [-0.25, -0.2) is 4.98 Å². The molecule has 2 aromatic carbocycles. The van der Waals surface area contributed by atoms with Crippen molar-refractivity contribution in [1.82, 2.24) is 14.9 Å². The quantitative estimate of drug-likeness (QED) is 0.591. The third-order valence-corrected chi connectivity index (χ3v) is 4.94. The number of aromatic nitrogens is 2. The van der Waals surface area contributed by atoms with Gasteiger partial charge < -0.3 is 9.73 Å². The Kier molecular flexibility index (Phi) is 4.47. The van der Waals surface area contributed by atoms with Crippen LogP contribution in [0.3, 0.4) is 0 Å². The fourth-order valence-corrected chi connectivity index (χ4v) is 3.47. The molecule has 0 saturated carbocycles. The summed E-state index contributed by atoms with van der Waals surface area (Å²) in [5.74, 6) is -0.257. The predicted molar refractivity (Wildman–Crippen MR) is 108 cm³/mol. The van der Waals surface area contributed by atoms with Gasteiger partial charge in [0.05, 0.1) is 12.4 Å². The third kappa shape index (κ3) is 3.17. The molecule has 0 fully saturated rings. The molecule has 6 nitrogen and oxygen atoms in total. The summed E-state index contributed by atoms with van der Waals surface area (Å²) in [5, 5.41) is 3.74. The van der Waals surface area contributed by atoms with Gasteiger partial charge in [0.15, 0.2) is 0 Å². The van der Waals surface area contributed by atoms with Crippen LogP contribution in [0.2, 0.25) is 0 Å². The lowest BCUT2D eigenvalue weighted by Gasteiger charge is -2.17. The Bertz CT molecular complexity index is 1250. The van der Waals surface area contributed by atoms with Crippen LogP contribution in [-0.4, -0.2) is 15.5 Å². The van der Waals surface area contributed by atoms with Crippen molar-refractivity contribution in [1.29, 1.82) is 0 Å². The van der Waals surface area contributed by atoms with E-state index in [0.29, 0.717) is 11.1 Å². The topological polar surface area (TPSA) is 77.1 Å². The molecule has 6 heteroatoms. The van der Waals surface area contributed by atoms with Crippen molar-refractivity contribution >= 4 is 28.0 Å². The number of hydrogen-bond acceptors (Lipinski definition) is 4. The standard InChI is InChI=1S/C22H21N3O3/c1-13-8-9-14(2)17(10-13)15(3)24-19(26)11-25-12-23-20-16-6-4-5-7-18(16)28-21(20)22(25)27/h4-10,12,15H,11H2,1-3H3,(H,24,26)/t15-/m0/s1. The van der Waals surface area contributed by atoms with Gasteiger partial charge in [-0.3, -0.25) is 14.2 Å². The van der Waals surface area contributed by atoms with Crippen LogP contribution in [0, 0.1) is 13.8 Å². The average molecular weight is 375 g/mol. The normalized spacial score (nSPS) is 12.4. The Labute approximate surface area is 161 Å². The second-order valence-electron chi connectivity index (χ2n) is 7.10. The monoisotopic (exact) mass is 375 g/mol. The second kappa shape index (κ2) is 6.96. The molecule has 0 aliphatic rings. The first-order valence-corrected chi connectivity index (χ1v) is 9.17. The molecular formula is C22H21N3O3. The van der Waals surface area contributed by atoms with Gasteiger partial charge in [0, 0.05) is 5.39 Å². The lowest BCUT2D eigenvalue weighted by atomic mass is 10.00. The number of nitrogens with one attached hydrogen (secondary N) is 1. The summed E-state index contributed by atoms with van der Waals surface area (Å²) < 4.78 is 6.93. The fourth-order valence-electron chi connectivity index (χ4n) is 3.47. The number of hydrogen-bond donors (Lipinski definition) is 1. The van der Waals surface area contributed by atoms with E-state index >= 15 is 0 Å².